The van der Waals surface area contributed by atoms with Gasteiger partial charge < -0.3 is 25.0 Å². The highest BCUT2D eigenvalue weighted by atomic mass is 19.4. The summed E-state index contributed by atoms with van der Waals surface area (Å²) in [5.74, 6) is -0.273. The minimum atomic E-state index is -4.26. The molecule has 2 aliphatic heterocycles. The van der Waals surface area contributed by atoms with Gasteiger partial charge in [0.05, 0.1) is 22.7 Å². The fourth-order valence-corrected chi connectivity index (χ4v) is 6.51. The van der Waals surface area contributed by atoms with Gasteiger partial charge in [0.2, 0.25) is 11.8 Å². The van der Waals surface area contributed by atoms with Crippen molar-refractivity contribution in [2.45, 2.75) is 64.4 Å². The number of amides is 2. The Morgan fingerprint density at radius 3 is 2.42 bits per heavy atom. The Hall–Kier alpha value is -4.43. The molecule has 240 valence electrons. The fourth-order valence-electron chi connectivity index (χ4n) is 6.51. The van der Waals surface area contributed by atoms with Crippen LogP contribution >= 0.6 is 0 Å². The minimum Gasteiger partial charge on any atom is -0.474 e. The highest BCUT2D eigenvalue weighted by Crippen LogP contribution is 2.48. The molecule has 0 radical (unpaired) electrons. The predicted octanol–water partition coefficient (Wildman–Crippen LogP) is 4.19. The SMILES string of the molecule is Cc1nn(-c2ncccn2)cc1C(=O)N1C[C@@H]2C(Oc3cc(C(C)(C)NC(=O)O)cc(N4CCC(C(F)(F)F)CC4C)n3)[C@@H]2C1. The first-order chi connectivity index (χ1) is 21.2. The van der Waals surface area contributed by atoms with Crippen molar-refractivity contribution in [2.75, 3.05) is 24.5 Å². The molecule has 1 aliphatic carbocycles. The zero-order valence-electron chi connectivity index (χ0n) is 25.3. The number of fused-ring (bicyclic) bond motifs is 1. The largest absolute Gasteiger partial charge is 0.474 e. The van der Waals surface area contributed by atoms with Crippen LogP contribution in [0.25, 0.3) is 5.95 Å². The van der Waals surface area contributed by atoms with Crippen LogP contribution in [0.1, 0.15) is 55.2 Å². The number of likely N-dealkylation sites (tertiary alicyclic amines) is 1. The Bertz CT molecular complexity index is 1590. The Morgan fingerprint density at radius 2 is 1.80 bits per heavy atom. The first-order valence-electron chi connectivity index (χ1n) is 14.9. The van der Waals surface area contributed by atoms with Crippen molar-refractivity contribution in [1.82, 2.24) is 34.9 Å². The number of carbonyl (C=O) groups excluding carboxylic acids is 1. The maximum Gasteiger partial charge on any atom is 0.405 e. The van der Waals surface area contributed by atoms with Gasteiger partial charge in [-0.3, -0.25) is 4.79 Å². The number of hydrogen-bond acceptors (Lipinski definition) is 8. The number of pyridine rings is 1. The van der Waals surface area contributed by atoms with Crippen LogP contribution in [0.15, 0.2) is 36.8 Å². The number of piperidine rings is 2. The quantitative estimate of drug-likeness (QED) is 0.395. The first kappa shape index (κ1) is 30.6. The van der Waals surface area contributed by atoms with E-state index in [2.05, 4.69) is 25.4 Å². The smallest absolute Gasteiger partial charge is 0.405 e. The van der Waals surface area contributed by atoms with Gasteiger partial charge >= 0.3 is 12.3 Å². The van der Waals surface area contributed by atoms with E-state index in [1.54, 1.807) is 69.4 Å². The zero-order chi connectivity index (χ0) is 32.3. The van der Waals surface area contributed by atoms with E-state index in [1.165, 1.54) is 4.68 Å². The Kier molecular flexibility index (Phi) is 7.60. The maximum absolute atomic E-state index is 13.4. The third kappa shape index (κ3) is 6.12. The second-order valence-electron chi connectivity index (χ2n) is 12.7. The predicted molar refractivity (Wildman–Crippen MR) is 155 cm³/mol. The minimum absolute atomic E-state index is 0.0555. The molecule has 45 heavy (non-hydrogen) atoms. The molecule has 6 rings (SSSR count). The van der Waals surface area contributed by atoms with Gasteiger partial charge in [-0.2, -0.15) is 23.3 Å². The molecule has 3 unspecified atom stereocenters. The summed E-state index contributed by atoms with van der Waals surface area (Å²) in [6.07, 6.45) is -0.950. The summed E-state index contributed by atoms with van der Waals surface area (Å²) < 4.78 is 48.1. The number of halogens is 3. The van der Waals surface area contributed by atoms with Gasteiger partial charge in [0.1, 0.15) is 11.9 Å². The van der Waals surface area contributed by atoms with E-state index in [4.69, 9.17) is 4.74 Å². The number of anilines is 1. The zero-order valence-corrected chi connectivity index (χ0v) is 25.3. The summed E-state index contributed by atoms with van der Waals surface area (Å²) in [4.78, 5) is 41.5. The van der Waals surface area contributed by atoms with Crippen molar-refractivity contribution < 1.29 is 32.6 Å². The molecule has 3 aromatic rings. The lowest BCUT2D eigenvalue weighted by Crippen LogP contribution is -2.45. The molecule has 12 nitrogen and oxygen atoms in total. The van der Waals surface area contributed by atoms with Gasteiger partial charge in [-0.05, 0) is 58.2 Å². The van der Waals surface area contributed by atoms with E-state index in [9.17, 15) is 27.9 Å². The van der Waals surface area contributed by atoms with Crippen LogP contribution in [0.3, 0.4) is 0 Å². The number of carbonyl (C=O) groups is 2. The van der Waals surface area contributed by atoms with E-state index < -0.39 is 29.8 Å². The van der Waals surface area contributed by atoms with Crippen molar-refractivity contribution in [2.24, 2.45) is 17.8 Å². The van der Waals surface area contributed by atoms with Crippen molar-refractivity contribution in [3.8, 4) is 11.8 Å². The second kappa shape index (κ2) is 11.2. The lowest BCUT2D eigenvalue weighted by molar-refractivity contribution is -0.181. The molecule has 3 fully saturated rings. The van der Waals surface area contributed by atoms with Crippen LogP contribution in [0, 0.1) is 24.7 Å². The van der Waals surface area contributed by atoms with Crippen LogP contribution in [0.5, 0.6) is 5.88 Å². The molecular weight excluding hydrogens is 593 g/mol. The number of carboxylic acid groups (broad SMARTS) is 1. The fraction of sp³-hybridized carbons (Fsp3) is 0.533. The van der Waals surface area contributed by atoms with Gasteiger partial charge in [0.25, 0.3) is 5.91 Å². The number of alkyl halides is 3. The summed E-state index contributed by atoms with van der Waals surface area (Å²) in [6, 6.07) is 4.65. The van der Waals surface area contributed by atoms with Crippen LogP contribution in [0.4, 0.5) is 23.8 Å². The van der Waals surface area contributed by atoms with E-state index in [0.717, 1.165) is 0 Å². The average Bonchev–Trinajstić information content (AvgIpc) is 3.28. The molecule has 1 saturated carbocycles. The highest BCUT2D eigenvalue weighted by Gasteiger charge is 2.59. The molecule has 0 bridgehead atoms. The third-order valence-electron chi connectivity index (χ3n) is 9.11. The first-order valence-corrected chi connectivity index (χ1v) is 14.9. The number of nitrogens with one attached hydrogen (secondary N) is 1. The molecule has 2 N–H and O–H groups in total. The molecule has 0 aromatic carbocycles. The number of ether oxygens (including phenoxy) is 1. The molecule has 15 heteroatoms. The number of rotatable bonds is 7. The number of hydrogen-bond donors (Lipinski definition) is 2. The summed E-state index contributed by atoms with van der Waals surface area (Å²) in [7, 11) is 0. The molecule has 2 saturated heterocycles. The van der Waals surface area contributed by atoms with Crippen molar-refractivity contribution in [3.63, 3.8) is 0 Å². The Labute approximate surface area is 257 Å². The lowest BCUT2D eigenvalue weighted by atomic mass is 9.90. The van der Waals surface area contributed by atoms with Crippen molar-refractivity contribution in [1.29, 1.82) is 0 Å². The summed E-state index contributed by atoms with van der Waals surface area (Å²) >= 11 is 0. The Balaban J connectivity index is 1.17. The molecule has 0 spiro atoms. The monoisotopic (exact) mass is 628 g/mol. The normalized spacial score (nSPS) is 24.7. The van der Waals surface area contributed by atoms with Gasteiger partial charge in [0.15, 0.2) is 0 Å². The lowest BCUT2D eigenvalue weighted by Gasteiger charge is -2.39. The maximum atomic E-state index is 13.4. The number of aromatic nitrogens is 5. The van der Waals surface area contributed by atoms with Crippen LogP contribution in [-0.2, 0) is 5.54 Å². The van der Waals surface area contributed by atoms with Gasteiger partial charge in [0, 0.05) is 62.2 Å². The topological polar surface area (TPSA) is 139 Å². The molecule has 3 aromatic heterocycles. The van der Waals surface area contributed by atoms with E-state index in [0.29, 0.717) is 41.7 Å². The van der Waals surface area contributed by atoms with Crippen molar-refractivity contribution in [3.05, 3.63) is 53.6 Å². The highest BCUT2D eigenvalue weighted by molar-refractivity contribution is 5.95. The van der Waals surface area contributed by atoms with E-state index >= 15 is 0 Å². The van der Waals surface area contributed by atoms with Crippen molar-refractivity contribution >= 4 is 17.8 Å². The Morgan fingerprint density at radius 1 is 1.11 bits per heavy atom. The molecule has 5 atom stereocenters. The number of nitrogens with zero attached hydrogens (tertiary/aromatic N) is 7. The van der Waals surface area contributed by atoms with Gasteiger partial charge in [-0.15, -0.1) is 0 Å². The summed E-state index contributed by atoms with van der Waals surface area (Å²) in [5.41, 5.74) is 0.593. The van der Waals surface area contributed by atoms with Crippen LogP contribution in [-0.4, -0.2) is 84.7 Å². The molecule has 2 amide bonds. The average molecular weight is 629 g/mol. The third-order valence-corrected chi connectivity index (χ3v) is 9.11. The van der Waals surface area contributed by atoms with Crippen LogP contribution in [0.2, 0.25) is 0 Å². The molecular formula is C30H35F3N8O4. The van der Waals surface area contributed by atoms with E-state index in [-0.39, 0.29) is 49.1 Å². The standard InChI is InChI=1S/C30H35F3N8O4/c1-16-10-18(30(31,32)33)6-9-40(16)23-11-19(29(3,4)37-28(43)44)12-24(36-23)45-25-21-13-39(14-22(21)25)26(42)20-15-41(38-17(20)2)27-34-7-5-8-35-27/h5,7-8,11-12,15-16,18,21-22,25,37H,6,9-10,13-14H2,1-4H3,(H,43,44)/t16?,18?,21-,22+,25?. The molecule has 3 aliphatic rings. The molecule has 5 heterocycles. The summed E-state index contributed by atoms with van der Waals surface area (Å²) in [5, 5.41) is 16.3. The second-order valence-corrected chi connectivity index (χ2v) is 12.7. The van der Waals surface area contributed by atoms with Gasteiger partial charge in [-0.25, -0.2) is 19.4 Å². The van der Waals surface area contributed by atoms with E-state index in [1.807, 2.05) is 4.90 Å². The summed E-state index contributed by atoms with van der Waals surface area (Å²) in [6.45, 7) is 8.04. The van der Waals surface area contributed by atoms with Gasteiger partial charge in [-0.1, -0.05) is 0 Å². The number of aryl methyl sites for hydroxylation is 1. The van der Waals surface area contributed by atoms with Crippen LogP contribution < -0.4 is 15.0 Å².